The maximum absolute atomic E-state index is 5.96. The number of benzene rings is 3. The van der Waals surface area contributed by atoms with Crippen LogP contribution in [-0.2, 0) is 6.54 Å². The van der Waals surface area contributed by atoms with Crippen molar-refractivity contribution in [1.82, 2.24) is 4.98 Å². The van der Waals surface area contributed by atoms with Gasteiger partial charge in [-0.05, 0) is 23.3 Å². The molecule has 1 heterocycles. The second-order valence-electron chi connectivity index (χ2n) is 5.91. The van der Waals surface area contributed by atoms with Crippen molar-refractivity contribution in [2.75, 3.05) is 5.32 Å². The van der Waals surface area contributed by atoms with Gasteiger partial charge in [0.25, 0.3) is 0 Å². The van der Waals surface area contributed by atoms with Crippen LogP contribution in [0.1, 0.15) is 5.56 Å². The molecule has 0 aliphatic carbocycles. The van der Waals surface area contributed by atoms with Crippen molar-refractivity contribution in [3.8, 4) is 21.7 Å². The van der Waals surface area contributed by atoms with Crippen molar-refractivity contribution in [3.05, 3.63) is 95.5 Å². The average molecular weight is 377 g/mol. The van der Waals surface area contributed by atoms with E-state index in [-0.39, 0.29) is 0 Å². The van der Waals surface area contributed by atoms with E-state index in [0.717, 1.165) is 21.4 Å². The van der Waals surface area contributed by atoms with Crippen LogP contribution in [0.2, 0.25) is 5.02 Å². The quantitative estimate of drug-likeness (QED) is 0.417. The summed E-state index contributed by atoms with van der Waals surface area (Å²) >= 11 is 7.64. The molecule has 0 fully saturated rings. The van der Waals surface area contributed by atoms with Crippen molar-refractivity contribution >= 4 is 28.1 Å². The van der Waals surface area contributed by atoms with E-state index in [2.05, 4.69) is 41.7 Å². The Morgan fingerprint density at radius 3 is 2.04 bits per heavy atom. The number of hydrogen-bond donors (Lipinski definition) is 1. The van der Waals surface area contributed by atoms with E-state index in [9.17, 15) is 0 Å². The summed E-state index contributed by atoms with van der Waals surface area (Å²) < 4.78 is 0. The minimum absolute atomic E-state index is 0.715. The standard InChI is InChI=1S/C22H17ClN2S/c23-19-13-11-16(12-14-19)15-24-22-25-20(17-7-3-1-4-8-17)21(26-22)18-9-5-2-6-10-18/h1-14H,15H2,(H,24,25). The van der Waals surface area contributed by atoms with Crippen molar-refractivity contribution in [3.63, 3.8) is 0 Å². The smallest absolute Gasteiger partial charge is 0.184 e. The number of anilines is 1. The van der Waals surface area contributed by atoms with Crippen LogP contribution in [0.25, 0.3) is 21.7 Å². The molecular weight excluding hydrogens is 360 g/mol. The van der Waals surface area contributed by atoms with Crippen LogP contribution < -0.4 is 5.32 Å². The lowest BCUT2D eigenvalue weighted by atomic mass is 10.1. The number of nitrogens with zero attached hydrogens (tertiary/aromatic N) is 1. The molecule has 3 aromatic carbocycles. The van der Waals surface area contributed by atoms with Gasteiger partial charge >= 0.3 is 0 Å². The highest BCUT2D eigenvalue weighted by Crippen LogP contribution is 2.39. The molecule has 0 atom stereocenters. The zero-order valence-corrected chi connectivity index (χ0v) is 15.6. The van der Waals surface area contributed by atoms with Gasteiger partial charge in [0.1, 0.15) is 0 Å². The normalized spacial score (nSPS) is 10.7. The lowest BCUT2D eigenvalue weighted by Gasteiger charge is -2.02. The molecule has 0 spiro atoms. The Morgan fingerprint density at radius 1 is 0.769 bits per heavy atom. The van der Waals surface area contributed by atoms with Gasteiger partial charge in [0.15, 0.2) is 5.13 Å². The van der Waals surface area contributed by atoms with Crippen molar-refractivity contribution in [2.24, 2.45) is 0 Å². The lowest BCUT2D eigenvalue weighted by molar-refractivity contribution is 1.14. The van der Waals surface area contributed by atoms with Gasteiger partial charge in [-0.2, -0.15) is 0 Å². The van der Waals surface area contributed by atoms with Gasteiger partial charge in [0.2, 0.25) is 0 Å². The molecule has 1 aromatic heterocycles. The predicted octanol–water partition coefficient (Wildman–Crippen LogP) is 6.74. The molecule has 1 N–H and O–H groups in total. The molecule has 4 aromatic rings. The Bertz CT molecular complexity index is 923. The SMILES string of the molecule is Clc1ccc(CNc2nc(-c3ccccc3)c(-c3ccccc3)s2)cc1. The summed E-state index contributed by atoms with van der Waals surface area (Å²) in [6.45, 7) is 0.715. The first-order chi connectivity index (χ1) is 12.8. The minimum atomic E-state index is 0.715. The molecule has 0 saturated heterocycles. The third-order valence-corrected chi connectivity index (χ3v) is 5.38. The van der Waals surface area contributed by atoms with Gasteiger partial charge in [0.05, 0.1) is 10.6 Å². The summed E-state index contributed by atoms with van der Waals surface area (Å²) in [5.41, 5.74) is 4.50. The van der Waals surface area contributed by atoms with E-state index in [1.807, 2.05) is 48.5 Å². The highest BCUT2D eigenvalue weighted by Gasteiger charge is 2.14. The maximum atomic E-state index is 5.96. The molecule has 0 saturated carbocycles. The summed E-state index contributed by atoms with van der Waals surface area (Å²) in [5, 5.41) is 5.11. The van der Waals surface area contributed by atoms with Crippen LogP contribution in [0.3, 0.4) is 0 Å². The Hall–Kier alpha value is -2.62. The molecule has 0 aliphatic rings. The zero-order chi connectivity index (χ0) is 17.8. The van der Waals surface area contributed by atoms with Crippen LogP contribution >= 0.6 is 22.9 Å². The first-order valence-corrected chi connectivity index (χ1v) is 9.59. The second kappa shape index (κ2) is 7.73. The van der Waals surface area contributed by atoms with E-state index in [0.29, 0.717) is 6.54 Å². The predicted molar refractivity (Wildman–Crippen MR) is 112 cm³/mol. The topological polar surface area (TPSA) is 24.9 Å². The van der Waals surface area contributed by atoms with Crippen molar-refractivity contribution in [2.45, 2.75) is 6.54 Å². The van der Waals surface area contributed by atoms with Crippen molar-refractivity contribution in [1.29, 1.82) is 0 Å². The Morgan fingerprint density at radius 2 is 1.38 bits per heavy atom. The molecule has 4 rings (SSSR count). The first kappa shape index (κ1) is 16.8. The Balaban J connectivity index is 1.66. The number of nitrogens with one attached hydrogen (secondary N) is 1. The lowest BCUT2D eigenvalue weighted by Crippen LogP contribution is -1.98. The maximum Gasteiger partial charge on any atom is 0.184 e. The monoisotopic (exact) mass is 376 g/mol. The Labute approximate surface area is 162 Å². The van der Waals surface area contributed by atoms with Crippen LogP contribution in [0.5, 0.6) is 0 Å². The molecule has 2 nitrogen and oxygen atoms in total. The number of aromatic nitrogens is 1. The molecule has 0 amide bonds. The number of halogens is 1. The molecule has 4 heteroatoms. The highest BCUT2D eigenvalue weighted by atomic mass is 35.5. The van der Waals surface area contributed by atoms with E-state index in [1.165, 1.54) is 16.0 Å². The van der Waals surface area contributed by atoms with E-state index < -0.39 is 0 Å². The van der Waals surface area contributed by atoms with Gasteiger partial charge in [-0.3, -0.25) is 0 Å². The second-order valence-corrected chi connectivity index (χ2v) is 7.34. The fraction of sp³-hybridized carbons (Fsp3) is 0.0455. The van der Waals surface area contributed by atoms with Crippen LogP contribution in [0.15, 0.2) is 84.9 Å². The molecule has 0 radical (unpaired) electrons. The van der Waals surface area contributed by atoms with E-state index in [1.54, 1.807) is 11.3 Å². The minimum Gasteiger partial charge on any atom is -0.357 e. The van der Waals surface area contributed by atoms with E-state index >= 15 is 0 Å². The summed E-state index contributed by atoms with van der Waals surface area (Å²) in [4.78, 5) is 6.05. The van der Waals surface area contributed by atoms with Crippen LogP contribution in [0, 0.1) is 0 Å². The van der Waals surface area contributed by atoms with Crippen molar-refractivity contribution < 1.29 is 0 Å². The Kier molecular flexibility index (Phi) is 5.00. The van der Waals surface area contributed by atoms with Gasteiger partial charge in [0, 0.05) is 17.1 Å². The van der Waals surface area contributed by atoms with Gasteiger partial charge in [-0.15, -0.1) is 0 Å². The average Bonchev–Trinajstić information content (AvgIpc) is 3.13. The van der Waals surface area contributed by atoms with Gasteiger partial charge < -0.3 is 5.32 Å². The molecule has 26 heavy (non-hydrogen) atoms. The first-order valence-electron chi connectivity index (χ1n) is 8.39. The molecule has 0 bridgehead atoms. The van der Waals surface area contributed by atoms with Gasteiger partial charge in [-0.1, -0.05) is 95.7 Å². The summed E-state index contributed by atoms with van der Waals surface area (Å²) in [5.74, 6) is 0. The number of rotatable bonds is 5. The molecule has 128 valence electrons. The fourth-order valence-electron chi connectivity index (χ4n) is 2.75. The fourth-order valence-corrected chi connectivity index (χ4v) is 3.87. The summed E-state index contributed by atoms with van der Waals surface area (Å²) in [7, 11) is 0. The third-order valence-electron chi connectivity index (χ3n) is 4.07. The summed E-state index contributed by atoms with van der Waals surface area (Å²) in [6.07, 6.45) is 0. The highest BCUT2D eigenvalue weighted by molar-refractivity contribution is 7.19. The summed E-state index contributed by atoms with van der Waals surface area (Å²) in [6, 6.07) is 28.6. The zero-order valence-electron chi connectivity index (χ0n) is 14.0. The largest absolute Gasteiger partial charge is 0.357 e. The molecule has 0 unspecified atom stereocenters. The van der Waals surface area contributed by atoms with Crippen LogP contribution in [-0.4, -0.2) is 4.98 Å². The third kappa shape index (κ3) is 3.79. The van der Waals surface area contributed by atoms with Crippen LogP contribution in [0.4, 0.5) is 5.13 Å². The number of hydrogen-bond acceptors (Lipinski definition) is 3. The van der Waals surface area contributed by atoms with E-state index in [4.69, 9.17) is 16.6 Å². The molecular formula is C22H17ClN2S. The number of thiazole rings is 1. The van der Waals surface area contributed by atoms with Gasteiger partial charge in [-0.25, -0.2) is 4.98 Å². The molecule has 0 aliphatic heterocycles.